The number of benzene rings is 1. The molecule has 0 bridgehead atoms. The fourth-order valence-electron chi connectivity index (χ4n) is 2.70. The van der Waals surface area contributed by atoms with Crippen molar-refractivity contribution in [3.8, 4) is 0 Å². The van der Waals surface area contributed by atoms with E-state index in [1.54, 1.807) is 30.5 Å². The summed E-state index contributed by atoms with van der Waals surface area (Å²) in [6.45, 7) is 1.99. The molecule has 7 nitrogen and oxygen atoms in total. The monoisotopic (exact) mass is 425 g/mol. The number of piperazine rings is 1. The molecule has 1 aliphatic rings. The predicted molar refractivity (Wildman–Crippen MR) is 101 cm³/mol. The molecule has 0 saturated carbocycles. The number of hydrogen-bond donors (Lipinski definition) is 0. The van der Waals surface area contributed by atoms with Crippen molar-refractivity contribution in [1.82, 2.24) is 14.5 Å². The molecule has 1 aliphatic heterocycles. The summed E-state index contributed by atoms with van der Waals surface area (Å²) in [6, 6.07) is 8.86. The number of halogens is 1. The molecule has 0 radical (unpaired) electrons. The number of rotatable bonds is 4. The summed E-state index contributed by atoms with van der Waals surface area (Å²) in [4.78, 5) is 4.33. The number of hydrogen-bond acceptors (Lipinski definition) is 6. The highest BCUT2D eigenvalue weighted by atomic mass is 79.9. The van der Waals surface area contributed by atoms with Crippen LogP contribution in [0, 0.1) is 0 Å². The smallest absolute Gasteiger partial charge is 0.244 e. The van der Waals surface area contributed by atoms with Gasteiger partial charge in [-0.3, -0.25) is 0 Å². The zero-order valence-electron chi connectivity index (χ0n) is 14.1. The number of anilines is 2. The number of nitrogens with zero attached hydrogens (tertiary/aromatic N) is 5. The Morgan fingerprint density at radius 1 is 1.12 bits per heavy atom. The van der Waals surface area contributed by atoms with E-state index in [1.807, 2.05) is 25.1 Å². The van der Waals surface area contributed by atoms with E-state index in [-0.39, 0.29) is 0 Å². The molecule has 0 amide bonds. The Balaban J connectivity index is 1.74. The van der Waals surface area contributed by atoms with E-state index >= 15 is 0 Å². The Morgan fingerprint density at radius 2 is 1.80 bits per heavy atom. The Labute approximate surface area is 156 Å². The van der Waals surface area contributed by atoms with Crippen molar-refractivity contribution >= 4 is 37.5 Å². The normalized spacial score (nSPS) is 16.0. The van der Waals surface area contributed by atoms with Crippen LogP contribution in [0.3, 0.4) is 0 Å². The minimum absolute atomic E-state index is 0.304. The Bertz CT molecular complexity index is 851. The van der Waals surface area contributed by atoms with Crippen LogP contribution in [-0.2, 0) is 10.0 Å². The summed E-state index contributed by atoms with van der Waals surface area (Å²) < 4.78 is 27.8. The van der Waals surface area contributed by atoms with Gasteiger partial charge in [0.25, 0.3) is 0 Å². The first-order valence-electron chi connectivity index (χ1n) is 7.89. The number of sulfonamides is 1. The van der Waals surface area contributed by atoms with Crippen molar-refractivity contribution < 1.29 is 8.42 Å². The molecule has 1 saturated heterocycles. The third kappa shape index (κ3) is 3.78. The van der Waals surface area contributed by atoms with Gasteiger partial charge in [-0.2, -0.15) is 9.40 Å². The summed E-state index contributed by atoms with van der Waals surface area (Å²) >= 11 is 3.33. The topological polar surface area (TPSA) is 69.6 Å². The minimum atomic E-state index is -3.50. The second-order valence-corrected chi connectivity index (χ2v) is 8.75. The Morgan fingerprint density at radius 3 is 2.44 bits per heavy atom. The van der Waals surface area contributed by atoms with Crippen LogP contribution in [0.2, 0.25) is 0 Å². The lowest BCUT2D eigenvalue weighted by atomic mass is 10.3. The molecular formula is C16H20BrN5O2S. The van der Waals surface area contributed by atoms with E-state index in [0.29, 0.717) is 35.5 Å². The van der Waals surface area contributed by atoms with E-state index in [9.17, 15) is 8.42 Å². The molecule has 25 heavy (non-hydrogen) atoms. The van der Waals surface area contributed by atoms with Crippen LogP contribution in [0.5, 0.6) is 0 Å². The highest BCUT2D eigenvalue weighted by Crippen LogP contribution is 2.26. The maximum Gasteiger partial charge on any atom is 0.244 e. The van der Waals surface area contributed by atoms with Crippen LogP contribution in [0.4, 0.5) is 11.5 Å². The lowest BCUT2D eigenvalue weighted by Gasteiger charge is -2.34. The Kier molecular flexibility index (Phi) is 5.26. The molecule has 1 aromatic carbocycles. The summed E-state index contributed by atoms with van der Waals surface area (Å²) in [6.07, 6.45) is 1.71. The quantitative estimate of drug-likeness (QED) is 0.743. The van der Waals surface area contributed by atoms with E-state index in [0.717, 1.165) is 11.5 Å². The van der Waals surface area contributed by atoms with Crippen LogP contribution >= 0.6 is 15.9 Å². The van der Waals surface area contributed by atoms with Gasteiger partial charge in [0, 0.05) is 50.8 Å². The first-order valence-corrected chi connectivity index (χ1v) is 10.1. The van der Waals surface area contributed by atoms with Gasteiger partial charge in [-0.25, -0.2) is 8.42 Å². The predicted octanol–water partition coefficient (Wildman–Crippen LogP) is 1.82. The van der Waals surface area contributed by atoms with Crippen molar-refractivity contribution in [1.29, 1.82) is 0 Å². The standard InChI is InChI=1S/C16H20BrN5O2S/c1-20(2)13-11-16(19-18-12-13)21-7-9-22(10-8-21)25(23,24)15-6-4-3-5-14(15)17/h3-6,11-12H,7-10H2,1-2H3. The maximum absolute atomic E-state index is 12.8. The van der Waals surface area contributed by atoms with Crippen molar-refractivity contribution in [2.45, 2.75) is 4.90 Å². The highest BCUT2D eigenvalue weighted by Gasteiger charge is 2.30. The van der Waals surface area contributed by atoms with Gasteiger partial charge in [-0.15, -0.1) is 5.10 Å². The summed E-state index contributed by atoms with van der Waals surface area (Å²) in [5.74, 6) is 0.768. The van der Waals surface area contributed by atoms with E-state index in [4.69, 9.17) is 0 Å². The zero-order chi connectivity index (χ0) is 18.0. The van der Waals surface area contributed by atoms with Crippen LogP contribution in [0.25, 0.3) is 0 Å². The van der Waals surface area contributed by atoms with Crippen molar-refractivity contribution in [2.75, 3.05) is 50.1 Å². The van der Waals surface area contributed by atoms with E-state index in [2.05, 4.69) is 31.0 Å². The van der Waals surface area contributed by atoms with Crippen molar-refractivity contribution in [3.05, 3.63) is 41.0 Å². The average molecular weight is 426 g/mol. The molecule has 3 rings (SSSR count). The van der Waals surface area contributed by atoms with Gasteiger partial charge in [-0.1, -0.05) is 12.1 Å². The van der Waals surface area contributed by atoms with Gasteiger partial charge in [0.2, 0.25) is 10.0 Å². The second-order valence-electron chi connectivity index (χ2n) is 5.99. The second kappa shape index (κ2) is 7.27. The lowest BCUT2D eigenvalue weighted by molar-refractivity contribution is 0.383. The molecule has 0 spiro atoms. The van der Waals surface area contributed by atoms with Gasteiger partial charge >= 0.3 is 0 Å². The molecule has 134 valence electrons. The van der Waals surface area contributed by atoms with Crippen LogP contribution in [-0.4, -0.2) is 63.2 Å². The van der Waals surface area contributed by atoms with Crippen molar-refractivity contribution in [2.24, 2.45) is 0 Å². The van der Waals surface area contributed by atoms with Gasteiger partial charge in [0.05, 0.1) is 16.8 Å². The van der Waals surface area contributed by atoms with Gasteiger partial charge in [0.15, 0.2) is 5.82 Å². The van der Waals surface area contributed by atoms with Gasteiger partial charge in [-0.05, 0) is 28.1 Å². The molecule has 2 heterocycles. The fourth-order valence-corrected chi connectivity index (χ4v) is 5.08. The van der Waals surface area contributed by atoms with E-state index in [1.165, 1.54) is 4.31 Å². The van der Waals surface area contributed by atoms with Gasteiger partial charge in [0.1, 0.15) is 0 Å². The molecule has 0 unspecified atom stereocenters. The minimum Gasteiger partial charge on any atom is -0.376 e. The summed E-state index contributed by atoms with van der Waals surface area (Å²) in [5.41, 5.74) is 0.966. The first-order chi connectivity index (χ1) is 11.9. The summed E-state index contributed by atoms with van der Waals surface area (Å²) in [7, 11) is 0.390. The highest BCUT2D eigenvalue weighted by molar-refractivity contribution is 9.10. The largest absolute Gasteiger partial charge is 0.376 e. The third-order valence-electron chi connectivity index (χ3n) is 4.16. The number of aromatic nitrogens is 2. The summed E-state index contributed by atoms with van der Waals surface area (Å²) in [5, 5.41) is 8.22. The maximum atomic E-state index is 12.8. The van der Waals surface area contributed by atoms with Crippen LogP contribution in [0.15, 0.2) is 45.9 Å². The van der Waals surface area contributed by atoms with Gasteiger partial charge < -0.3 is 9.80 Å². The molecule has 0 atom stereocenters. The lowest BCUT2D eigenvalue weighted by Crippen LogP contribution is -2.49. The fraction of sp³-hybridized carbons (Fsp3) is 0.375. The first kappa shape index (κ1) is 18.1. The molecule has 1 aromatic heterocycles. The van der Waals surface area contributed by atoms with E-state index < -0.39 is 10.0 Å². The SMILES string of the molecule is CN(C)c1cnnc(N2CCN(S(=O)(=O)c3ccccc3Br)CC2)c1. The molecule has 9 heteroatoms. The Hall–Kier alpha value is -1.71. The third-order valence-corrected chi connectivity index (χ3v) is 7.07. The molecule has 0 N–H and O–H groups in total. The zero-order valence-corrected chi connectivity index (χ0v) is 16.5. The molecule has 0 aliphatic carbocycles. The molecule has 2 aromatic rings. The molecular weight excluding hydrogens is 406 g/mol. The van der Waals surface area contributed by atoms with Crippen LogP contribution in [0.1, 0.15) is 0 Å². The average Bonchev–Trinajstić information content (AvgIpc) is 2.62. The van der Waals surface area contributed by atoms with Crippen LogP contribution < -0.4 is 9.80 Å². The van der Waals surface area contributed by atoms with Crippen molar-refractivity contribution in [3.63, 3.8) is 0 Å². The molecule has 1 fully saturated rings.